The van der Waals surface area contributed by atoms with Crippen LogP contribution in [0.2, 0.25) is 0 Å². The number of hydrogen-bond acceptors (Lipinski definition) is 3. The first kappa shape index (κ1) is 24.6. The van der Waals surface area contributed by atoms with Crippen molar-refractivity contribution in [2.75, 3.05) is 0 Å². The fourth-order valence-corrected chi connectivity index (χ4v) is 4.34. The molecule has 0 amide bonds. The molecule has 0 aliphatic carbocycles. The number of halogens is 4. The smallest absolute Gasteiger partial charge is 0.416 e. The zero-order valence-electron chi connectivity index (χ0n) is 19.1. The molecule has 1 N–H and O–H groups in total. The van der Waals surface area contributed by atoms with Crippen molar-refractivity contribution in [3.8, 4) is 28.5 Å². The average Bonchev–Trinajstić information content (AvgIpc) is 2.88. The maximum atomic E-state index is 13.4. The minimum Gasteiger partial charge on any atom is -0.477 e. The molecule has 3 aromatic carbocycles. The Morgan fingerprint density at radius 2 is 1.65 bits per heavy atom. The van der Waals surface area contributed by atoms with Crippen LogP contribution in [0.5, 0.6) is 17.4 Å². The zero-order chi connectivity index (χ0) is 26.2. The van der Waals surface area contributed by atoms with E-state index in [1.807, 2.05) is 30.3 Å². The van der Waals surface area contributed by atoms with E-state index in [9.17, 15) is 23.1 Å². The maximum Gasteiger partial charge on any atom is 0.416 e. The summed E-state index contributed by atoms with van der Waals surface area (Å²) in [5.74, 6) is 0.676. The predicted octanol–water partition coefficient (Wildman–Crippen LogP) is 6.58. The van der Waals surface area contributed by atoms with E-state index in [-0.39, 0.29) is 17.7 Å². The van der Waals surface area contributed by atoms with Crippen molar-refractivity contribution in [1.29, 1.82) is 0 Å². The van der Waals surface area contributed by atoms with Crippen molar-refractivity contribution in [3.05, 3.63) is 123 Å². The number of fused-ring (bicyclic) bond motifs is 1. The van der Waals surface area contributed by atoms with Crippen LogP contribution in [-0.4, -0.2) is 9.51 Å². The van der Waals surface area contributed by atoms with Crippen LogP contribution in [-0.2, 0) is 12.7 Å². The number of alkyl halides is 3. The van der Waals surface area contributed by atoms with Crippen molar-refractivity contribution < 1.29 is 27.6 Å². The average molecular weight is 568 g/mol. The second-order valence-electron chi connectivity index (χ2n) is 8.26. The second kappa shape index (κ2) is 9.74. The van der Waals surface area contributed by atoms with Crippen LogP contribution in [0.3, 0.4) is 0 Å². The molecule has 0 fully saturated rings. The van der Waals surface area contributed by atoms with Gasteiger partial charge in [-0.3, -0.25) is 0 Å². The molecule has 5 aromatic rings. The number of ether oxygens (including phenoxy) is 1. The van der Waals surface area contributed by atoms with Crippen molar-refractivity contribution in [2.24, 2.45) is 0 Å². The van der Waals surface area contributed by atoms with E-state index in [0.717, 1.165) is 16.6 Å². The normalized spacial score (nSPS) is 11.6. The molecule has 0 saturated carbocycles. The third-order valence-corrected chi connectivity index (χ3v) is 6.38. The molecule has 0 unspecified atom stereocenters. The molecule has 0 bridgehead atoms. The maximum absolute atomic E-state index is 13.4. The number of aromatic nitrogens is 2. The molecule has 9 heteroatoms. The first-order valence-electron chi connectivity index (χ1n) is 11.2. The highest BCUT2D eigenvalue weighted by molar-refractivity contribution is 9.10. The van der Waals surface area contributed by atoms with E-state index in [2.05, 4.69) is 15.9 Å². The van der Waals surface area contributed by atoms with E-state index in [0.29, 0.717) is 22.7 Å². The Balaban J connectivity index is 1.66. The van der Waals surface area contributed by atoms with Gasteiger partial charge in [-0.25, -0.2) is 4.79 Å². The topological polar surface area (TPSA) is 54.8 Å². The highest BCUT2D eigenvalue weighted by Crippen LogP contribution is 2.33. The van der Waals surface area contributed by atoms with E-state index >= 15 is 0 Å². The van der Waals surface area contributed by atoms with Gasteiger partial charge in [0.15, 0.2) is 5.56 Å². The fraction of sp³-hybridized carbons (Fsp3) is 0.0714. The molecule has 2 aromatic heterocycles. The Bertz CT molecular complexity index is 1670. The minimum atomic E-state index is -4.60. The van der Waals surface area contributed by atoms with Gasteiger partial charge in [0.1, 0.15) is 18.0 Å². The zero-order valence-corrected chi connectivity index (χ0v) is 20.7. The van der Waals surface area contributed by atoms with Gasteiger partial charge in [0.25, 0.3) is 11.5 Å². The highest BCUT2D eigenvalue weighted by atomic mass is 79.9. The SMILES string of the molecule is O=c1c(-c2cccc(C(F)(F)F)c2)c(O)[n+](Cc2ccccc2Oc2ccc(Br)cc2)c2ccccn12. The van der Waals surface area contributed by atoms with Crippen molar-refractivity contribution in [3.63, 3.8) is 0 Å². The molecular formula is C28H19BrF3N2O3+. The summed E-state index contributed by atoms with van der Waals surface area (Å²) in [6.07, 6.45) is -3.09. The molecule has 0 aliphatic heterocycles. The van der Waals surface area contributed by atoms with Crippen molar-refractivity contribution >= 4 is 21.6 Å². The summed E-state index contributed by atoms with van der Waals surface area (Å²) < 4.78 is 49.9. The Morgan fingerprint density at radius 1 is 0.919 bits per heavy atom. The third kappa shape index (κ3) is 4.95. The number of rotatable bonds is 5. The van der Waals surface area contributed by atoms with Gasteiger partial charge in [0, 0.05) is 16.1 Å². The molecule has 0 spiro atoms. The number of pyridine rings is 1. The lowest BCUT2D eigenvalue weighted by atomic mass is 10.0. The Labute approximate surface area is 217 Å². The van der Waals surface area contributed by atoms with E-state index in [1.54, 1.807) is 36.4 Å². The van der Waals surface area contributed by atoms with Crippen LogP contribution < -0.4 is 14.9 Å². The lowest BCUT2D eigenvalue weighted by Gasteiger charge is -2.14. The third-order valence-electron chi connectivity index (χ3n) is 5.85. The summed E-state index contributed by atoms with van der Waals surface area (Å²) in [5.41, 5.74) is -0.779. The number of nitrogens with zero attached hydrogens (tertiary/aromatic N) is 2. The van der Waals surface area contributed by atoms with Gasteiger partial charge >= 0.3 is 11.7 Å². The predicted molar refractivity (Wildman–Crippen MR) is 136 cm³/mol. The second-order valence-corrected chi connectivity index (χ2v) is 9.18. The van der Waals surface area contributed by atoms with Gasteiger partial charge in [-0.2, -0.15) is 22.1 Å². The Hall–Kier alpha value is -4.11. The lowest BCUT2D eigenvalue weighted by molar-refractivity contribution is -0.671. The van der Waals surface area contributed by atoms with E-state index < -0.39 is 23.2 Å². The Morgan fingerprint density at radius 3 is 2.41 bits per heavy atom. The molecule has 0 aliphatic rings. The first-order valence-corrected chi connectivity index (χ1v) is 12.0. The van der Waals surface area contributed by atoms with E-state index in [4.69, 9.17) is 4.74 Å². The summed E-state index contributed by atoms with van der Waals surface area (Å²) in [4.78, 5) is 13.3. The first-order chi connectivity index (χ1) is 17.7. The molecular weight excluding hydrogens is 549 g/mol. The molecule has 5 rings (SSSR count). The van der Waals surface area contributed by atoms with Gasteiger partial charge in [-0.15, -0.1) is 0 Å². The van der Waals surface area contributed by atoms with Crippen molar-refractivity contribution in [2.45, 2.75) is 12.7 Å². The van der Waals surface area contributed by atoms with Crippen LogP contribution >= 0.6 is 15.9 Å². The fourth-order valence-electron chi connectivity index (χ4n) is 4.08. The molecule has 0 atom stereocenters. The van der Waals surface area contributed by atoms with Crippen molar-refractivity contribution in [1.82, 2.24) is 4.40 Å². The summed E-state index contributed by atoms with van der Waals surface area (Å²) in [7, 11) is 0. The number of para-hydroxylation sites is 1. The molecule has 5 nitrogen and oxygen atoms in total. The summed E-state index contributed by atoms with van der Waals surface area (Å²) >= 11 is 3.39. The quantitative estimate of drug-likeness (QED) is 0.244. The molecule has 37 heavy (non-hydrogen) atoms. The summed E-state index contributed by atoms with van der Waals surface area (Å²) in [6.45, 7) is 0.0816. The van der Waals surface area contributed by atoms with Gasteiger partial charge in [0.05, 0.1) is 11.8 Å². The number of aromatic hydroxyl groups is 1. The lowest BCUT2D eigenvalue weighted by Crippen LogP contribution is -2.41. The summed E-state index contributed by atoms with van der Waals surface area (Å²) in [5, 5.41) is 11.3. The number of benzene rings is 3. The van der Waals surface area contributed by atoms with Crippen LogP contribution in [0.4, 0.5) is 13.2 Å². The largest absolute Gasteiger partial charge is 0.477 e. The van der Waals surface area contributed by atoms with Crippen LogP contribution in [0, 0.1) is 0 Å². The highest BCUT2D eigenvalue weighted by Gasteiger charge is 2.32. The van der Waals surface area contributed by atoms with Gasteiger partial charge in [-0.1, -0.05) is 52.3 Å². The number of hydrogen-bond donors (Lipinski definition) is 1. The standard InChI is InChI=1S/C28H18BrF3N2O3/c29-21-11-13-22(14-12-21)37-23-9-2-1-6-19(23)17-34-24-10-3-4-15-33(24)26(35)25(27(34)36)18-7-5-8-20(16-18)28(30,31)32/h1-16H,17H2/p+1. The Kier molecular flexibility index (Phi) is 6.47. The molecule has 0 radical (unpaired) electrons. The van der Waals surface area contributed by atoms with Gasteiger partial charge in [0.2, 0.25) is 0 Å². The summed E-state index contributed by atoms with van der Waals surface area (Å²) in [6, 6.07) is 23.9. The van der Waals surface area contributed by atoms with Crippen LogP contribution in [0.25, 0.3) is 16.8 Å². The minimum absolute atomic E-state index is 0.0382. The monoisotopic (exact) mass is 567 g/mol. The molecule has 2 heterocycles. The van der Waals surface area contributed by atoms with Crippen LogP contribution in [0.1, 0.15) is 11.1 Å². The van der Waals surface area contributed by atoms with Gasteiger partial charge < -0.3 is 9.84 Å². The molecule has 0 saturated heterocycles. The van der Waals surface area contributed by atoms with Crippen LogP contribution in [0.15, 0.2) is 106 Å². The van der Waals surface area contributed by atoms with Gasteiger partial charge in [-0.05, 0) is 54.1 Å². The van der Waals surface area contributed by atoms with E-state index in [1.165, 1.54) is 27.3 Å². The molecule has 186 valence electrons.